The lowest BCUT2D eigenvalue weighted by atomic mass is 9.62. The summed E-state index contributed by atoms with van der Waals surface area (Å²) in [4.78, 5) is 5.14. The average Bonchev–Trinajstić information content (AvgIpc) is 3.05. The molecule has 0 bridgehead atoms. The van der Waals surface area contributed by atoms with Crippen molar-refractivity contribution in [2.45, 2.75) is 83.7 Å². The first-order valence-corrected chi connectivity index (χ1v) is 12.5. The average molecular weight is 401 g/mol. The van der Waals surface area contributed by atoms with Gasteiger partial charge in [0.05, 0.1) is 6.10 Å². The van der Waals surface area contributed by atoms with Crippen molar-refractivity contribution < 1.29 is 5.11 Å². The fourth-order valence-corrected chi connectivity index (χ4v) is 6.90. The number of rotatable bonds is 5. The molecule has 4 fully saturated rings. The molecule has 4 unspecified atom stereocenters. The maximum absolute atomic E-state index is 9.96. The normalized spacial score (nSPS) is 39.9. The van der Waals surface area contributed by atoms with Crippen molar-refractivity contribution in [2.24, 2.45) is 17.3 Å². The van der Waals surface area contributed by atoms with Gasteiger partial charge < -0.3 is 14.9 Å². The van der Waals surface area contributed by atoms with Crippen LogP contribution in [-0.4, -0.2) is 60.8 Å². The van der Waals surface area contributed by atoms with Gasteiger partial charge in [0.15, 0.2) is 0 Å². The molecule has 164 valence electrons. The summed E-state index contributed by atoms with van der Waals surface area (Å²) in [5.74, 6) is 1.74. The van der Waals surface area contributed by atoms with Gasteiger partial charge in [-0.05, 0) is 101 Å². The zero-order valence-corrected chi connectivity index (χ0v) is 19.0. The molecule has 0 spiro atoms. The highest BCUT2D eigenvalue weighted by molar-refractivity contribution is 5.25. The molecule has 4 atom stereocenters. The minimum absolute atomic E-state index is 0.0961. The first kappa shape index (κ1) is 21.6. The van der Waals surface area contributed by atoms with Crippen molar-refractivity contribution in [3.8, 4) is 0 Å². The van der Waals surface area contributed by atoms with Gasteiger partial charge in [-0.2, -0.15) is 0 Å². The van der Waals surface area contributed by atoms with Crippen LogP contribution in [0.4, 0.5) is 0 Å². The number of nitrogens with zero attached hydrogens (tertiary/aromatic N) is 2. The second kappa shape index (κ2) is 9.66. The van der Waals surface area contributed by atoms with E-state index in [-0.39, 0.29) is 6.10 Å². The first-order valence-electron chi connectivity index (χ1n) is 12.5. The summed E-state index contributed by atoms with van der Waals surface area (Å²) in [5.41, 5.74) is 3.75. The predicted octanol–water partition coefficient (Wildman–Crippen LogP) is 5.02. The Morgan fingerprint density at radius 1 is 1.03 bits per heavy atom. The van der Waals surface area contributed by atoms with Crippen molar-refractivity contribution in [3.63, 3.8) is 0 Å². The van der Waals surface area contributed by atoms with Gasteiger partial charge in [0.25, 0.3) is 0 Å². The molecule has 29 heavy (non-hydrogen) atoms. The molecule has 0 aromatic rings. The number of hydrogen-bond acceptors (Lipinski definition) is 3. The third-order valence-corrected chi connectivity index (χ3v) is 8.85. The van der Waals surface area contributed by atoms with Gasteiger partial charge in [0.1, 0.15) is 0 Å². The SMILES string of the molecule is CN1CCN(CCCC2CCC3/C(=C/C=C4/CCCC(O)C4)CCCC23C)CC1. The molecule has 1 saturated heterocycles. The molecule has 3 aliphatic carbocycles. The van der Waals surface area contributed by atoms with Crippen LogP contribution in [0.1, 0.15) is 77.6 Å². The smallest absolute Gasteiger partial charge is 0.0577 e. The number of piperazine rings is 1. The third-order valence-electron chi connectivity index (χ3n) is 8.85. The topological polar surface area (TPSA) is 26.7 Å². The molecule has 1 heterocycles. The summed E-state index contributed by atoms with van der Waals surface area (Å²) in [6, 6.07) is 0. The van der Waals surface area contributed by atoms with E-state index in [4.69, 9.17) is 0 Å². The number of likely N-dealkylation sites (N-methyl/N-ethyl adjacent to an activating group) is 1. The Morgan fingerprint density at radius 2 is 1.86 bits per heavy atom. The van der Waals surface area contributed by atoms with Gasteiger partial charge in [-0.25, -0.2) is 0 Å². The summed E-state index contributed by atoms with van der Waals surface area (Å²) in [7, 11) is 2.25. The lowest BCUT2D eigenvalue weighted by molar-refractivity contribution is 0.116. The molecule has 0 aromatic carbocycles. The predicted molar refractivity (Wildman–Crippen MR) is 122 cm³/mol. The zero-order chi connectivity index (χ0) is 20.3. The van der Waals surface area contributed by atoms with Crippen LogP contribution >= 0.6 is 0 Å². The molecular formula is C26H44N2O. The van der Waals surface area contributed by atoms with E-state index in [0.717, 1.165) is 31.1 Å². The molecule has 3 nitrogen and oxygen atoms in total. The van der Waals surface area contributed by atoms with Crippen LogP contribution in [0.2, 0.25) is 0 Å². The zero-order valence-electron chi connectivity index (χ0n) is 19.0. The monoisotopic (exact) mass is 400 g/mol. The number of allylic oxidation sites excluding steroid dienone is 3. The second-order valence-corrected chi connectivity index (χ2v) is 10.8. The molecule has 4 aliphatic rings. The van der Waals surface area contributed by atoms with Gasteiger partial charge in [0, 0.05) is 26.2 Å². The van der Waals surface area contributed by atoms with E-state index in [2.05, 4.69) is 35.9 Å². The number of fused-ring (bicyclic) bond motifs is 1. The summed E-state index contributed by atoms with van der Waals surface area (Å²) >= 11 is 0. The standard InChI is InChI=1S/C26H44N2O/c1-26-14-4-7-22(11-10-21-6-3-9-24(29)20-21)25(26)13-12-23(26)8-5-15-28-18-16-27(2)17-19-28/h10-11,23-25,29H,3-9,12-20H2,1-2H3/b21-10-,22-11+. The van der Waals surface area contributed by atoms with Crippen LogP contribution in [0.15, 0.2) is 23.3 Å². The van der Waals surface area contributed by atoms with E-state index < -0.39 is 0 Å². The van der Waals surface area contributed by atoms with E-state index >= 15 is 0 Å². The lowest BCUT2D eigenvalue weighted by Gasteiger charge is -2.42. The number of aliphatic hydroxyl groups is 1. The van der Waals surface area contributed by atoms with E-state index in [0.29, 0.717) is 5.41 Å². The summed E-state index contributed by atoms with van der Waals surface area (Å²) in [5, 5.41) is 9.96. The van der Waals surface area contributed by atoms with E-state index in [1.807, 2.05) is 0 Å². The van der Waals surface area contributed by atoms with Crippen molar-refractivity contribution in [3.05, 3.63) is 23.3 Å². The molecule has 4 rings (SSSR count). The third kappa shape index (κ3) is 5.17. The molecular weight excluding hydrogens is 356 g/mol. The van der Waals surface area contributed by atoms with Crippen LogP contribution < -0.4 is 0 Å². The van der Waals surface area contributed by atoms with Gasteiger partial charge in [-0.15, -0.1) is 0 Å². The van der Waals surface area contributed by atoms with Crippen molar-refractivity contribution in [1.29, 1.82) is 0 Å². The Hall–Kier alpha value is -0.640. The van der Waals surface area contributed by atoms with E-state index in [1.165, 1.54) is 89.7 Å². The fraction of sp³-hybridized carbons (Fsp3) is 0.846. The molecule has 3 saturated carbocycles. The van der Waals surface area contributed by atoms with Crippen LogP contribution in [0.25, 0.3) is 0 Å². The second-order valence-electron chi connectivity index (χ2n) is 10.8. The highest BCUT2D eigenvalue weighted by Crippen LogP contribution is 2.58. The maximum atomic E-state index is 9.96. The quantitative estimate of drug-likeness (QED) is 0.702. The Labute approximate surface area is 179 Å². The summed E-state index contributed by atoms with van der Waals surface area (Å²) in [6.07, 6.45) is 18.8. The largest absolute Gasteiger partial charge is 0.393 e. The number of hydrogen-bond donors (Lipinski definition) is 1. The van der Waals surface area contributed by atoms with Crippen LogP contribution in [0.5, 0.6) is 0 Å². The summed E-state index contributed by atoms with van der Waals surface area (Å²) in [6.45, 7) is 8.93. The van der Waals surface area contributed by atoms with E-state index in [9.17, 15) is 5.11 Å². The Balaban J connectivity index is 1.32. The Bertz CT molecular complexity index is 604. The van der Waals surface area contributed by atoms with Gasteiger partial charge >= 0.3 is 0 Å². The van der Waals surface area contributed by atoms with Crippen molar-refractivity contribution >= 4 is 0 Å². The Kier molecular flexibility index (Phi) is 7.19. The van der Waals surface area contributed by atoms with Gasteiger partial charge in [-0.3, -0.25) is 0 Å². The molecule has 3 heteroatoms. The lowest BCUT2D eigenvalue weighted by Crippen LogP contribution is -2.44. The minimum Gasteiger partial charge on any atom is -0.393 e. The molecule has 0 amide bonds. The molecule has 1 N–H and O–H groups in total. The minimum atomic E-state index is -0.0961. The van der Waals surface area contributed by atoms with Crippen molar-refractivity contribution in [2.75, 3.05) is 39.8 Å². The van der Waals surface area contributed by atoms with Crippen LogP contribution in [-0.2, 0) is 0 Å². The highest BCUT2D eigenvalue weighted by atomic mass is 16.3. The number of aliphatic hydroxyl groups excluding tert-OH is 1. The maximum Gasteiger partial charge on any atom is 0.0577 e. The Morgan fingerprint density at radius 3 is 2.66 bits per heavy atom. The van der Waals surface area contributed by atoms with Crippen molar-refractivity contribution in [1.82, 2.24) is 9.80 Å². The van der Waals surface area contributed by atoms with Gasteiger partial charge in [-0.1, -0.05) is 30.2 Å². The summed E-state index contributed by atoms with van der Waals surface area (Å²) < 4.78 is 0. The highest BCUT2D eigenvalue weighted by Gasteiger charge is 2.48. The molecule has 0 radical (unpaired) electrons. The molecule has 1 aliphatic heterocycles. The van der Waals surface area contributed by atoms with Crippen LogP contribution in [0, 0.1) is 17.3 Å². The van der Waals surface area contributed by atoms with E-state index in [1.54, 1.807) is 5.57 Å². The van der Waals surface area contributed by atoms with Gasteiger partial charge in [0.2, 0.25) is 0 Å². The first-order chi connectivity index (χ1) is 14.0. The fourth-order valence-electron chi connectivity index (χ4n) is 6.90. The van der Waals surface area contributed by atoms with Crippen LogP contribution in [0.3, 0.4) is 0 Å². The molecule has 0 aromatic heterocycles.